The number of anilines is 1. The highest BCUT2D eigenvalue weighted by Gasteiger charge is 2.18. The minimum absolute atomic E-state index is 0.177. The molecule has 0 aliphatic carbocycles. The molecular weight excluding hydrogens is 498 g/mol. The van der Waals surface area contributed by atoms with Crippen LogP contribution in [0.4, 0.5) is 5.69 Å². The van der Waals surface area contributed by atoms with Gasteiger partial charge in [0.1, 0.15) is 10.4 Å². The first-order valence-corrected chi connectivity index (χ1v) is 12.8. The van der Waals surface area contributed by atoms with Crippen LogP contribution in [-0.4, -0.2) is 16.0 Å². The smallest absolute Gasteiger partial charge is 0.269 e. The molecule has 0 fully saturated rings. The number of hydrogen-bond donors (Lipinski definition) is 2. The van der Waals surface area contributed by atoms with Gasteiger partial charge in [0.15, 0.2) is 10.7 Å². The highest BCUT2D eigenvalue weighted by Crippen LogP contribution is 2.35. The van der Waals surface area contributed by atoms with Crippen LogP contribution in [0.2, 0.25) is 5.02 Å². The van der Waals surface area contributed by atoms with Gasteiger partial charge >= 0.3 is 0 Å². The Bertz CT molecular complexity index is 1570. The highest BCUT2D eigenvalue weighted by atomic mass is 35.5. The van der Waals surface area contributed by atoms with E-state index in [-0.39, 0.29) is 11.0 Å². The van der Waals surface area contributed by atoms with Crippen LogP contribution in [-0.2, 0) is 0 Å². The largest absolute Gasteiger partial charge is 0.436 e. The van der Waals surface area contributed by atoms with E-state index in [9.17, 15) is 4.79 Å². The molecule has 1 atom stereocenters. The van der Waals surface area contributed by atoms with E-state index in [2.05, 4.69) is 41.6 Å². The molecule has 5 aromatic rings. The number of carbonyl (C=O) groups excluding carboxylic acids is 1. The molecule has 0 bridgehead atoms. The van der Waals surface area contributed by atoms with Crippen molar-refractivity contribution >= 4 is 73.0 Å². The number of amides is 1. The molecule has 0 radical (unpaired) electrons. The zero-order chi connectivity index (χ0) is 24.5. The summed E-state index contributed by atoms with van der Waals surface area (Å²) in [6.45, 7) is 4.37. The van der Waals surface area contributed by atoms with Crippen LogP contribution >= 0.6 is 35.2 Å². The molecule has 0 aliphatic heterocycles. The summed E-state index contributed by atoms with van der Waals surface area (Å²) in [6, 6.07) is 21.3. The molecule has 0 saturated heterocycles. The Morgan fingerprint density at radius 2 is 1.97 bits per heavy atom. The van der Waals surface area contributed by atoms with Gasteiger partial charge in [-0.15, -0.1) is 11.3 Å². The molecule has 0 saturated carbocycles. The fourth-order valence-electron chi connectivity index (χ4n) is 3.82. The van der Waals surface area contributed by atoms with Crippen LogP contribution in [0, 0.1) is 0 Å². The predicted octanol–water partition coefficient (Wildman–Crippen LogP) is 8.00. The lowest BCUT2D eigenvalue weighted by molar-refractivity contribution is 0.0982. The van der Waals surface area contributed by atoms with Gasteiger partial charge in [-0.2, -0.15) is 0 Å². The van der Waals surface area contributed by atoms with Gasteiger partial charge in [-0.05, 0) is 66.5 Å². The summed E-state index contributed by atoms with van der Waals surface area (Å²) in [5, 5.41) is 7.24. The Morgan fingerprint density at radius 3 is 2.77 bits per heavy atom. The fraction of sp³-hybridized carbons (Fsp3) is 0.148. The number of thiocarbonyl (C=S) groups is 1. The van der Waals surface area contributed by atoms with Gasteiger partial charge in [0.2, 0.25) is 5.89 Å². The third kappa shape index (κ3) is 4.80. The van der Waals surface area contributed by atoms with Gasteiger partial charge in [-0.1, -0.05) is 55.8 Å². The molecule has 1 unspecified atom stereocenters. The van der Waals surface area contributed by atoms with Gasteiger partial charge in [0, 0.05) is 21.3 Å². The summed E-state index contributed by atoms with van der Waals surface area (Å²) in [5.41, 5.74) is 4.33. The first-order valence-electron chi connectivity index (χ1n) is 11.2. The molecule has 0 spiro atoms. The van der Waals surface area contributed by atoms with Gasteiger partial charge in [0.25, 0.3) is 5.91 Å². The molecule has 3 aromatic carbocycles. The van der Waals surface area contributed by atoms with Crippen LogP contribution < -0.4 is 10.6 Å². The number of thiophene rings is 1. The van der Waals surface area contributed by atoms with Crippen LogP contribution in [0.15, 0.2) is 71.1 Å². The van der Waals surface area contributed by atoms with Gasteiger partial charge in [-0.3, -0.25) is 10.1 Å². The van der Waals surface area contributed by atoms with Crippen LogP contribution in [0.25, 0.3) is 32.6 Å². The summed E-state index contributed by atoms with van der Waals surface area (Å²) in [6.07, 6.45) is 1.06. The maximum Gasteiger partial charge on any atom is 0.269 e. The first kappa shape index (κ1) is 23.5. The third-order valence-corrected chi connectivity index (χ3v) is 7.81. The van der Waals surface area contributed by atoms with E-state index in [0.717, 1.165) is 33.2 Å². The normalized spacial score (nSPS) is 12.1. The molecule has 5 nitrogen and oxygen atoms in total. The molecule has 5 rings (SSSR count). The van der Waals surface area contributed by atoms with Crippen molar-refractivity contribution in [2.24, 2.45) is 0 Å². The summed E-state index contributed by atoms with van der Waals surface area (Å²) in [5.74, 6) is 0.642. The number of fused-ring (bicyclic) bond motifs is 2. The van der Waals surface area contributed by atoms with Crippen LogP contribution in [0.1, 0.15) is 41.4 Å². The Kier molecular flexibility index (Phi) is 6.56. The monoisotopic (exact) mass is 519 g/mol. The van der Waals surface area contributed by atoms with Gasteiger partial charge in [-0.25, -0.2) is 4.98 Å². The van der Waals surface area contributed by atoms with Crippen molar-refractivity contribution in [3.8, 4) is 11.5 Å². The number of hydrogen-bond acceptors (Lipinski definition) is 5. The topological polar surface area (TPSA) is 67.2 Å². The molecule has 8 heteroatoms. The van der Waals surface area contributed by atoms with Crippen molar-refractivity contribution in [3.05, 3.63) is 82.2 Å². The van der Waals surface area contributed by atoms with E-state index in [0.29, 0.717) is 27.4 Å². The van der Waals surface area contributed by atoms with Crippen molar-refractivity contribution in [2.75, 3.05) is 5.32 Å². The van der Waals surface area contributed by atoms with Crippen molar-refractivity contribution in [3.63, 3.8) is 0 Å². The van der Waals surface area contributed by atoms with Crippen LogP contribution in [0.5, 0.6) is 0 Å². The zero-order valence-corrected chi connectivity index (χ0v) is 21.5. The lowest BCUT2D eigenvalue weighted by Crippen LogP contribution is -2.33. The minimum atomic E-state index is -0.346. The van der Waals surface area contributed by atoms with E-state index in [4.69, 9.17) is 28.2 Å². The molecule has 176 valence electrons. The predicted molar refractivity (Wildman–Crippen MR) is 149 cm³/mol. The summed E-state index contributed by atoms with van der Waals surface area (Å²) in [7, 11) is 0. The van der Waals surface area contributed by atoms with Gasteiger partial charge < -0.3 is 9.73 Å². The second-order valence-electron chi connectivity index (χ2n) is 8.29. The number of oxazole rings is 1. The average molecular weight is 520 g/mol. The second-order valence-corrected chi connectivity index (χ2v) is 10.1. The Hall–Kier alpha value is -3.26. The highest BCUT2D eigenvalue weighted by molar-refractivity contribution is 7.80. The van der Waals surface area contributed by atoms with Gasteiger partial charge in [0.05, 0.1) is 5.02 Å². The number of nitrogens with zero attached hydrogens (tertiary/aromatic N) is 1. The molecule has 2 heterocycles. The number of benzene rings is 3. The van der Waals surface area contributed by atoms with E-state index >= 15 is 0 Å². The number of carbonyl (C=O) groups is 1. The first-order chi connectivity index (χ1) is 16.9. The summed E-state index contributed by atoms with van der Waals surface area (Å²) < 4.78 is 6.94. The zero-order valence-electron chi connectivity index (χ0n) is 19.1. The minimum Gasteiger partial charge on any atom is -0.436 e. The summed E-state index contributed by atoms with van der Waals surface area (Å²) in [4.78, 5) is 17.9. The lowest BCUT2D eigenvalue weighted by atomic mass is 9.98. The lowest BCUT2D eigenvalue weighted by Gasteiger charge is -2.09. The van der Waals surface area contributed by atoms with Crippen LogP contribution in [0.3, 0.4) is 0 Å². The number of halogens is 1. The van der Waals surface area contributed by atoms with E-state index < -0.39 is 0 Å². The maximum absolute atomic E-state index is 12.8. The van der Waals surface area contributed by atoms with Crippen molar-refractivity contribution in [2.45, 2.75) is 26.2 Å². The van der Waals surface area contributed by atoms with E-state index in [1.807, 2.05) is 54.6 Å². The third-order valence-electron chi connectivity index (χ3n) is 5.93. The average Bonchev–Trinajstić information content (AvgIpc) is 3.44. The molecule has 2 aromatic heterocycles. The van der Waals surface area contributed by atoms with Crippen molar-refractivity contribution in [1.29, 1.82) is 0 Å². The SMILES string of the molecule is CCC(C)c1ccc2oc(-c3cccc(NC(=S)NC(=O)c4sc5ccccc5c4Cl)c3)nc2c1. The molecule has 1 amide bonds. The van der Waals surface area contributed by atoms with E-state index in [1.54, 1.807) is 0 Å². The molecule has 0 aliphatic rings. The Morgan fingerprint density at radius 1 is 1.14 bits per heavy atom. The Labute approximate surface area is 217 Å². The van der Waals surface area contributed by atoms with Crippen molar-refractivity contribution < 1.29 is 9.21 Å². The standard InChI is InChI=1S/C27H22ClN3O2S2/c1-3-15(2)16-11-12-21-20(14-16)30-26(33-21)17-7-6-8-18(13-17)29-27(34)31-25(32)24-23(28)19-9-4-5-10-22(19)35-24/h4-15H,3H2,1-2H3,(H2,29,31,32,34). The van der Waals surface area contributed by atoms with Crippen molar-refractivity contribution in [1.82, 2.24) is 10.3 Å². The maximum atomic E-state index is 12.8. The number of aromatic nitrogens is 1. The molecular formula is C27H22ClN3O2S2. The molecule has 35 heavy (non-hydrogen) atoms. The van der Waals surface area contributed by atoms with E-state index in [1.165, 1.54) is 16.9 Å². The number of rotatable bonds is 5. The fourth-order valence-corrected chi connectivity index (χ4v) is 5.45. The Balaban J connectivity index is 1.32. The number of nitrogens with one attached hydrogen (secondary N) is 2. The molecule has 2 N–H and O–H groups in total. The summed E-state index contributed by atoms with van der Waals surface area (Å²) >= 11 is 13.1. The quantitative estimate of drug-likeness (QED) is 0.230. The second kappa shape index (κ2) is 9.77.